The molecule has 0 aliphatic heterocycles. The largest absolute Gasteiger partial charge is 0.444 e. The second-order valence-electron chi connectivity index (χ2n) is 4.15. The van der Waals surface area contributed by atoms with Crippen molar-refractivity contribution in [2.45, 2.75) is 24.9 Å². The summed E-state index contributed by atoms with van der Waals surface area (Å²) < 4.78 is 32.2. The van der Waals surface area contributed by atoms with E-state index in [-0.39, 0.29) is 16.6 Å². The molecule has 0 aliphatic carbocycles. The van der Waals surface area contributed by atoms with Crippen molar-refractivity contribution in [1.82, 2.24) is 14.7 Å². The average molecular weight is 297 g/mol. The molecule has 0 saturated carbocycles. The summed E-state index contributed by atoms with van der Waals surface area (Å²) in [6, 6.07) is 2.47. The van der Waals surface area contributed by atoms with Gasteiger partial charge >= 0.3 is 0 Å². The Balaban J connectivity index is 2.27. The van der Waals surface area contributed by atoms with Crippen molar-refractivity contribution in [3.8, 4) is 0 Å². The number of oxazole rings is 1. The van der Waals surface area contributed by atoms with Crippen molar-refractivity contribution in [3.05, 3.63) is 36.2 Å². The third-order valence-corrected chi connectivity index (χ3v) is 4.02. The average Bonchev–Trinajstić information content (AvgIpc) is 2.85. The monoisotopic (exact) mass is 297 g/mol. The Labute approximate surface area is 116 Å². The second-order valence-corrected chi connectivity index (χ2v) is 5.78. The van der Waals surface area contributed by atoms with Gasteiger partial charge in [-0.2, -0.15) is 4.72 Å². The Morgan fingerprint density at radius 3 is 2.75 bits per heavy atom. The molecule has 0 amide bonds. The van der Waals surface area contributed by atoms with E-state index in [9.17, 15) is 8.42 Å². The summed E-state index contributed by atoms with van der Waals surface area (Å²) in [4.78, 5) is 7.81. The van der Waals surface area contributed by atoms with Gasteiger partial charge in [-0.25, -0.2) is 18.4 Å². The first-order valence-electron chi connectivity index (χ1n) is 5.80. The Morgan fingerprint density at radius 2 is 2.15 bits per heavy atom. The Kier molecular flexibility index (Phi) is 4.02. The molecule has 0 saturated heterocycles. The molecule has 2 heterocycles. The number of nitrogens with two attached hydrogens (primary N) is 1. The van der Waals surface area contributed by atoms with Crippen LogP contribution in [0.4, 0.5) is 5.69 Å². The fraction of sp³-hybridized carbons (Fsp3) is 0.273. The number of pyridine rings is 1. The summed E-state index contributed by atoms with van der Waals surface area (Å²) in [7, 11) is -3.84. The van der Waals surface area contributed by atoms with Gasteiger partial charge in [0.05, 0.1) is 17.9 Å². The van der Waals surface area contributed by atoms with Gasteiger partial charge in [-0.3, -0.25) is 5.84 Å². The van der Waals surface area contributed by atoms with E-state index in [1.54, 1.807) is 19.9 Å². The van der Waals surface area contributed by atoms with Crippen LogP contribution in [-0.4, -0.2) is 18.4 Å². The highest BCUT2D eigenvalue weighted by atomic mass is 32.2. The molecule has 8 nitrogen and oxygen atoms in total. The smallest absolute Gasteiger partial charge is 0.260 e. The molecule has 2 aromatic rings. The van der Waals surface area contributed by atoms with Crippen LogP contribution in [-0.2, 0) is 10.0 Å². The molecule has 0 spiro atoms. The Bertz CT molecular complexity index is 698. The van der Waals surface area contributed by atoms with E-state index in [0.29, 0.717) is 5.76 Å². The molecule has 0 radical (unpaired) electrons. The number of anilines is 1. The number of aromatic nitrogens is 2. The maximum Gasteiger partial charge on any atom is 0.260 e. The lowest BCUT2D eigenvalue weighted by molar-refractivity contribution is 0.427. The van der Waals surface area contributed by atoms with E-state index in [0.717, 1.165) is 0 Å². The van der Waals surface area contributed by atoms with Gasteiger partial charge in [0.2, 0.25) is 5.89 Å². The number of nitrogens with one attached hydrogen (secondary N) is 2. The first-order chi connectivity index (χ1) is 9.44. The molecule has 108 valence electrons. The first kappa shape index (κ1) is 14.4. The molecule has 20 heavy (non-hydrogen) atoms. The van der Waals surface area contributed by atoms with Crippen molar-refractivity contribution in [2.75, 3.05) is 5.43 Å². The third kappa shape index (κ3) is 2.95. The fourth-order valence-electron chi connectivity index (χ4n) is 1.63. The highest BCUT2D eigenvalue weighted by molar-refractivity contribution is 7.89. The molecule has 2 aromatic heterocycles. The summed E-state index contributed by atoms with van der Waals surface area (Å²) in [6.45, 7) is 3.36. The SMILES string of the molecule is Cc1cnc(C(C)NS(=O)(=O)c2ncccc2NN)o1. The topological polar surface area (TPSA) is 123 Å². The number of nitrogens with zero attached hydrogens (tertiary/aromatic N) is 2. The number of rotatable bonds is 5. The van der Waals surface area contributed by atoms with Gasteiger partial charge in [0.1, 0.15) is 5.76 Å². The van der Waals surface area contributed by atoms with Gasteiger partial charge in [0.15, 0.2) is 5.03 Å². The van der Waals surface area contributed by atoms with Crippen LogP contribution in [0, 0.1) is 6.92 Å². The van der Waals surface area contributed by atoms with Crippen molar-refractivity contribution in [3.63, 3.8) is 0 Å². The number of aryl methyl sites for hydroxylation is 1. The zero-order chi connectivity index (χ0) is 14.8. The number of nitrogen functional groups attached to an aromatic ring is 1. The number of hydrogen-bond acceptors (Lipinski definition) is 7. The van der Waals surface area contributed by atoms with E-state index in [1.807, 2.05) is 0 Å². The minimum Gasteiger partial charge on any atom is -0.444 e. The summed E-state index contributed by atoms with van der Waals surface area (Å²) >= 11 is 0. The maximum absolute atomic E-state index is 12.3. The molecule has 9 heteroatoms. The molecular weight excluding hydrogens is 282 g/mol. The first-order valence-corrected chi connectivity index (χ1v) is 7.28. The Morgan fingerprint density at radius 1 is 1.40 bits per heavy atom. The lowest BCUT2D eigenvalue weighted by Crippen LogP contribution is -2.29. The van der Waals surface area contributed by atoms with Crippen LogP contribution in [0.25, 0.3) is 0 Å². The molecule has 0 aromatic carbocycles. The van der Waals surface area contributed by atoms with Gasteiger partial charge < -0.3 is 9.84 Å². The summed E-state index contributed by atoms with van der Waals surface area (Å²) in [6.07, 6.45) is 2.89. The lowest BCUT2D eigenvalue weighted by atomic mass is 10.4. The van der Waals surface area contributed by atoms with E-state index in [1.165, 1.54) is 18.5 Å². The minimum atomic E-state index is -3.84. The number of hydrazine groups is 1. The highest BCUT2D eigenvalue weighted by Gasteiger charge is 2.24. The number of hydrogen-bond donors (Lipinski definition) is 3. The van der Waals surface area contributed by atoms with Crippen LogP contribution in [0.5, 0.6) is 0 Å². The molecule has 1 unspecified atom stereocenters. The van der Waals surface area contributed by atoms with Gasteiger partial charge in [0, 0.05) is 6.20 Å². The molecule has 4 N–H and O–H groups in total. The third-order valence-electron chi connectivity index (χ3n) is 2.52. The summed E-state index contributed by atoms with van der Waals surface area (Å²) in [5.74, 6) is 6.17. The van der Waals surface area contributed by atoms with Gasteiger partial charge in [-0.1, -0.05) is 0 Å². The van der Waals surface area contributed by atoms with E-state index in [4.69, 9.17) is 10.3 Å². The van der Waals surface area contributed by atoms with Crippen LogP contribution in [0.3, 0.4) is 0 Å². The van der Waals surface area contributed by atoms with Crippen LogP contribution in [0.1, 0.15) is 24.6 Å². The van der Waals surface area contributed by atoms with Gasteiger partial charge in [0.25, 0.3) is 10.0 Å². The van der Waals surface area contributed by atoms with Crippen LogP contribution < -0.4 is 16.0 Å². The summed E-state index contributed by atoms with van der Waals surface area (Å²) in [5, 5.41) is -0.183. The Hall–Kier alpha value is -1.97. The predicted molar refractivity (Wildman–Crippen MR) is 72.0 cm³/mol. The quantitative estimate of drug-likeness (QED) is 0.548. The molecule has 1 atom stereocenters. The predicted octanol–water partition coefficient (Wildman–Crippen LogP) is 0.703. The van der Waals surface area contributed by atoms with E-state index < -0.39 is 16.1 Å². The molecular formula is C11H15N5O3S. The van der Waals surface area contributed by atoms with Crippen molar-refractivity contribution < 1.29 is 12.8 Å². The second kappa shape index (κ2) is 5.57. The minimum absolute atomic E-state index is 0.183. The van der Waals surface area contributed by atoms with Gasteiger partial charge in [-0.15, -0.1) is 0 Å². The van der Waals surface area contributed by atoms with Crippen molar-refractivity contribution >= 4 is 15.7 Å². The van der Waals surface area contributed by atoms with Crippen molar-refractivity contribution in [1.29, 1.82) is 0 Å². The lowest BCUT2D eigenvalue weighted by Gasteiger charge is -2.12. The van der Waals surface area contributed by atoms with Gasteiger partial charge in [-0.05, 0) is 26.0 Å². The molecule has 2 rings (SSSR count). The van der Waals surface area contributed by atoms with Crippen LogP contribution in [0.2, 0.25) is 0 Å². The maximum atomic E-state index is 12.3. The molecule has 0 bridgehead atoms. The standard InChI is InChI=1S/C11H15N5O3S/c1-7-6-14-10(19-7)8(2)16-20(17,18)11-9(15-12)4-3-5-13-11/h3-6,8,15-16H,12H2,1-2H3. The van der Waals surface area contributed by atoms with Crippen molar-refractivity contribution in [2.24, 2.45) is 5.84 Å². The normalized spacial score (nSPS) is 13.2. The van der Waals surface area contributed by atoms with E-state index >= 15 is 0 Å². The molecule has 0 aliphatic rings. The number of sulfonamides is 1. The molecule has 0 fully saturated rings. The highest BCUT2D eigenvalue weighted by Crippen LogP contribution is 2.20. The zero-order valence-corrected chi connectivity index (χ0v) is 11.8. The van der Waals surface area contributed by atoms with E-state index in [2.05, 4.69) is 20.1 Å². The summed E-state index contributed by atoms with van der Waals surface area (Å²) in [5.41, 5.74) is 2.50. The van der Waals surface area contributed by atoms with Crippen LogP contribution in [0.15, 0.2) is 34.0 Å². The fourth-order valence-corrected chi connectivity index (χ4v) is 2.92. The zero-order valence-electron chi connectivity index (χ0n) is 11.0. The van der Waals surface area contributed by atoms with Crippen LogP contribution >= 0.6 is 0 Å².